The van der Waals surface area contributed by atoms with E-state index in [1.54, 1.807) is 0 Å². The molecule has 0 unspecified atom stereocenters. The maximum Gasteiger partial charge on any atom is 0.324 e. The van der Waals surface area contributed by atoms with Crippen LogP contribution < -0.4 is 10.2 Å². The Balaban J connectivity index is 1.75. The third-order valence-corrected chi connectivity index (χ3v) is 5.04. The third kappa shape index (κ3) is 4.59. The topological polar surface area (TPSA) is 98.3 Å². The quantitative estimate of drug-likeness (QED) is 0.493. The number of anilines is 2. The summed E-state index contributed by atoms with van der Waals surface area (Å²) in [4.78, 5) is 6.53. The zero-order valence-electron chi connectivity index (χ0n) is 15.7. The lowest BCUT2D eigenvalue weighted by Gasteiger charge is -2.36. The Labute approximate surface area is 164 Å². The van der Waals surface area contributed by atoms with E-state index in [2.05, 4.69) is 29.3 Å². The van der Waals surface area contributed by atoms with Crippen molar-refractivity contribution in [2.45, 2.75) is 44.8 Å². The monoisotopic (exact) mass is 391 g/mol. The van der Waals surface area contributed by atoms with Gasteiger partial charge in [-0.15, -0.1) is 11.6 Å². The van der Waals surface area contributed by atoms with E-state index in [1.165, 1.54) is 6.21 Å². The summed E-state index contributed by atoms with van der Waals surface area (Å²) in [6, 6.07) is 6.41. The number of rotatable bonds is 7. The Morgan fingerprint density at radius 2 is 2.15 bits per heavy atom. The summed E-state index contributed by atoms with van der Waals surface area (Å²) in [5.41, 5.74) is 1.81. The molecule has 0 bridgehead atoms. The van der Waals surface area contributed by atoms with Gasteiger partial charge in [-0.2, -0.15) is 4.98 Å². The van der Waals surface area contributed by atoms with Gasteiger partial charge in [0.25, 0.3) is 0 Å². The molecule has 1 aliphatic heterocycles. The van der Waals surface area contributed by atoms with Crippen molar-refractivity contribution in [3.05, 3.63) is 23.8 Å². The minimum atomic E-state index is -0.693. The predicted molar refractivity (Wildman–Crippen MR) is 108 cm³/mol. The van der Waals surface area contributed by atoms with Gasteiger partial charge < -0.3 is 25.3 Å². The molecule has 7 nitrogen and oxygen atoms in total. The van der Waals surface area contributed by atoms with Crippen LogP contribution in [0.5, 0.6) is 0 Å². The van der Waals surface area contributed by atoms with Crippen LogP contribution in [0.3, 0.4) is 0 Å². The lowest BCUT2D eigenvalue weighted by atomic mass is 9.89. The van der Waals surface area contributed by atoms with Crippen molar-refractivity contribution in [1.82, 2.24) is 10.1 Å². The number of halogens is 1. The molecule has 2 heterocycles. The fraction of sp³-hybridized carbons (Fsp3) is 0.526. The Bertz CT molecular complexity index is 784. The van der Waals surface area contributed by atoms with E-state index in [1.807, 2.05) is 23.1 Å². The summed E-state index contributed by atoms with van der Waals surface area (Å²) in [7, 11) is 0. The molecule has 1 aromatic carbocycles. The molecule has 1 aliphatic rings. The van der Waals surface area contributed by atoms with Crippen LogP contribution in [0.1, 0.15) is 38.7 Å². The van der Waals surface area contributed by atoms with Gasteiger partial charge in [-0.05, 0) is 39.2 Å². The standard InChI is InChI=1S/C19H26ClN5O2/c1-13(2)22-16-11-14(3-4-15(16)12-21)17-23-18(27-24-17)25-9-6-19(26,5-8-20)7-10-25/h3-4,11-13,21-22,26H,5-10H2,1-2H3. The number of hydrogen-bond donors (Lipinski definition) is 3. The average Bonchev–Trinajstić information content (AvgIpc) is 3.12. The Kier molecular flexibility index (Phi) is 6.01. The van der Waals surface area contributed by atoms with Crippen LogP contribution in [-0.4, -0.2) is 52.1 Å². The maximum atomic E-state index is 10.5. The van der Waals surface area contributed by atoms with E-state index >= 15 is 0 Å². The van der Waals surface area contributed by atoms with Gasteiger partial charge in [0, 0.05) is 48.0 Å². The van der Waals surface area contributed by atoms with Crippen molar-refractivity contribution in [2.75, 3.05) is 29.2 Å². The van der Waals surface area contributed by atoms with Crippen LogP contribution >= 0.6 is 11.6 Å². The molecule has 2 aromatic rings. The summed E-state index contributed by atoms with van der Waals surface area (Å²) < 4.78 is 5.46. The molecule has 1 saturated heterocycles. The molecule has 0 atom stereocenters. The number of aliphatic hydroxyl groups is 1. The van der Waals surface area contributed by atoms with Crippen LogP contribution in [-0.2, 0) is 0 Å². The largest absolute Gasteiger partial charge is 0.390 e. The third-order valence-electron chi connectivity index (χ3n) is 4.85. The fourth-order valence-electron chi connectivity index (χ4n) is 3.26. The molecule has 0 radical (unpaired) electrons. The number of alkyl halides is 1. The Morgan fingerprint density at radius 1 is 1.41 bits per heavy atom. The second kappa shape index (κ2) is 8.27. The Morgan fingerprint density at radius 3 is 2.78 bits per heavy atom. The lowest BCUT2D eigenvalue weighted by molar-refractivity contribution is 0.0125. The highest BCUT2D eigenvalue weighted by molar-refractivity contribution is 6.17. The van der Waals surface area contributed by atoms with Gasteiger partial charge >= 0.3 is 6.01 Å². The molecule has 3 rings (SSSR count). The number of hydrogen-bond acceptors (Lipinski definition) is 7. The first kappa shape index (κ1) is 19.6. The van der Waals surface area contributed by atoms with Gasteiger partial charge in [-0.1, -0.05) is 17.3 Å². The molecule has 0 aliphatic carbocycles. The number of aromatic nitrogens is 2. The van der Waals surface area contributed by atoms with Gasteiger partial charge in [0.2, 0.25) is 5.82 Å². The summed E-state index contributed by atoms with van der Waals surface area (Å²) in [5.74, 6) is 0.967. The molecular weight excluding hydrogens is 366 g/mol. The Hall–Kier alpha value is -2.12. The first-order valence-corrected chi connectivity index (χ1v) is 9.76. The SMILES string of the molecule is CC(C)Nc1cc(-c2noc(N3CCC(O)(CCCl)CC3)n2)ccc1C=N. The van der Waals surface area contributed by atoms with Crippen LogP contribution in [0.2, 0.25) is 0 Å². The highest BCUT2D eigenvalue weighted by atomic mass is 35.5. The van der Waals surface area contributed by atoms with Gasteiger partial charge in [0.05, 0.1) is 5.60 Å². The molecule has 27 heavy (non-hydrogen) atoms. The van der Waals surface area contributed by atoms with Crippen LogP contribution in [0.15, 0.2) is 22.7 Å². The van der Waals surface area contributed by atoms with Gasteiger partial charge in [-0.3, -0.25) is 0 Å². The summed E-state index contributed by atoms with van der Waals surface area (Å²) in [6.45, 7) is 5.41. The first-order valence-electron chi connectivity index (χ1n) is 9.22. The van der Waals surface area contributed by atoms with Crippen molar-refractivity contribution in [2.24, 2.45) is 0 Å². The normalized spacial score (nSPS) is 16.6. The van der Waals surface area contributed by atoms with E-state index in [9.17, 15) is 5.11 Å². The summed E-state index contributed by atoms with van der Waals surface area (Å²) >= 11 is 5.78. The molecule has 0 amide bonds. The van der Waals surface area contributed by atoms with E-state index in [4.69, 9.17) is 21.5 Å². The molecule has 146 valence electrons. The van der Waals surface area contributed by atoms with Crippen LogP contribution in [0.4, 0.5) is 11.7 Å². The molecule has 0 spiro atoms. The maximum absolute atomic E-state index is 10.5. The molecule has 8 heteroatoms. The highest BCUT2D eigenvalue weighted by Crippen LogP contribution is 2.30. The molecule has 0 saturated carbocycles. The highest BCUT2D eigenvalue weighted by Gasteiger charge is 2.33. The van der Waals surface area contributed by atoms with Gasteiger partial charge in [-0.25, -0.2) is 0 Å². The van der Waals surface area contributed by atoms with Gasteiger partial charge in [0.15, 0.2) is 0 Å². The van der Waals surface area contributed by atoms with Crippen LogP contribution in [0.25, 0.3) is 11.4 Å². The molecule has 1 fully saturated rings. The molecule has 3 N–H and O–H groups in total. The number of piperidine rings is 1. The summed E-state index contributed by atoms with van der Waals surface area (Å²) in [5, 5.41) is 25.5. The van der Waals surface area contributed by atoms with Crippen LogP contribution in [0, 0.1) is 5.41 Å². The number of nitrogens with one attached hydrogen (secondary N) is 2. The van der Waals surface area contributed by atoms with Gasteiger partial charge in [0.1, 0.15) is 0 Å². The smallest absolute Gasteiger partial charge is 0.324 e. The van der Waals surface area contributed by atoms with Crippen molar-refractivity contribution < 1.29 is 9.63 Å². The molecular formula is C19H26ClN5O2. The van der Waals surface area contributed by atoms with Crippen molar-refractivity contribution >= 4 is 29.5 Å². The summed E-state index contributed by atoms with van der Waals surface area (Å²) in [6.07, 6.45) is 3.19. The van der Waals surface area contributed by atoms with E-state index in [-0.39, 0.29) is 6.04 Å². The first-order chi connectivity index (χ1) is 12.9. The molecule has 1 aromatic heterocycles. The second-order valence-corrected chi connectivity index (χ2v) is 7.67. The zero-order chi connectivity index (χ0) is 19.4. The zero-order valence-corrected chi connectivity index (χ0v) is 16.5. The van der Waals surface area contributed by atoms with E-state index in [0.29, 0.717) is 50.1 Å². The predicted octanol–water partition coefficient (Wildman–Crippen LogP) is 3.51. The van der Waals surface area contributed by atoms with Crippen molar-refractivity contribution in [3.63, 3.8) is 0 Å². The van der Waals surface area contributed by atoms with Crippen molar-refractivity contribution in [3.8, 4) is 11.4 Å². The number of nitrogens with zero attached hydrogens (tertiary/aromatic N) is 3. The second-order valence-electron chi connectivity index (χ2n) is 7.30. The number of benzene rings is 1. The average molecular weight is 392 g/mol. The fourth-order valence-corrected chi connectivity index (χ4v) is 3.61. The van der Waals surface area contributed by atoms with E-state index < -0.39 is 5.60 Å². The lowest BCUT2D eigenvalue weighted by Crippen LogP contribution is -2.44. The van der Waals surface area contributed by atoms with E-state index in [0.717, 1.165) is 16.8 Å². The van der Waals surface area contributed by atoms with Crippen molar-refractivity contribution in [1.29, 1.82) is 5.41 Å². The minimum Gasteiger partial charge on any atom is -0.390 e. The minimum absolute atomic E-state index is 0.250.